The summed E-state index contributed by atoms with van der Waals surface area (Å²) in [5, 5.41) is 0. The Hall–Kier alpha value is -0.410. The van der Waals surface area contributed by atoms with Crippen LogP contribution in [0.1, 0.15) is 10.6 Å². The van der Waals surface area contributed by atoms with E-state index in [0.29, 0.717) is 6.54 Å². The lowest BCUT2D eigenvalue weighted by Crippen LogP contribution is -2.03. The molecule has 1 aromatic heterocycles. The Morgan fingerprint density at radius 2 is 2.56 bits per heavy atom. The molecule has 3 heteroatoms. The summed E-state index contributed by atoms with van der Waals surface area (Å²) < 4.78 is 0. The van der Waals surface area contributed by atoms with Crippen molar-refractivity contribution in [3.8, 4) is 0 Å². The topological polar surface area (TPSA) is 38.9 Å². The van der Waals surface area contributed by atoms with Gasteiger partial charge in [0.1, 0.15) is 0 Å². The molecule has 0 atom stereocenters. The van der Waals surface area contributed by atoms with Gasteiger partial charge in [0.2, 0.25) is 0 Å². The summed E-state index contributed by atoms with van der Waals surface area (Å²) in [6, 6.07) is 0. The van der Waals surface area contributed by atoms with E-state index < -0.39 is 0 Å². The van der Waals surface area contributed by atoms with Crippen molar-refractivity contribution in [3.05, 3.63) is 16.1 Å². The van der Waals surface area contributed by atoms with Gasteiger partial charge in [0.15, 0.2) is 0 Å². The molecule has 0 aliphatic heterocycles. The molecule has 0 amide bonds. The molecule has 1 heterocycles. The SMILES string of the molecule is Cc1scnc1CCN. The van der Waals surface area contributed by atoms with Crippen LogP contribution in [0.3, 0.4) is 0 Å². The van der Waals surface area contributed by atoms with Gasteiger partial charge in [-0.05, 0) is 13.5 Å². The van der Waals surface area contributed by atoms with Gasteiger partial charge in [0.25, 0.3) is 0 Å². The first-order valence-electron chi connectivity index (χ1n) is 2.93. The van der Waals surface area contributed by atoms with Crippen molar-refractivity contribution in [2.45, 2.75) is 13.3 Å². The summed E-state index contributed by atoms with van der Waals surface area (Å²) in [6.45, 7) is 2.77. The summed E-state index contributed by atoms with van der Waals surface area (Å²) in [7, 11) is 0. The monoisotopic (exact) mass is 142 g/mol. The number of rotatable bonds is 2. The normalized spacial score (nSPS) is 10.0. The van der Waals surface area contributed by atoms with Crippen LogP contribution in [0.15, 0.2) is 5.51 Å². The molecule has 2 N–H and O–H groups in total. The maximum Gasteiger partial charge on any atom is 0.0797 e. The molecule has 0 aliphatic carbocycles. The van der Waals surface area contributed by atoms with Crippen molar-refractivity contribution >= 4 is 11.3 Å². The summed E-state index contributed by atoms with van der Waals surface area (Å²) in [5.74, 6) is 0. The molecule has 0 aliphatic rings. The summed E-state index contributed by atoms with van der Waals surface area (Å²) in [5.41, 5.74) is 8.37. The number of aromatic nitrogens is 1. The minimum atomic E-state index is 0.699. The Labute approximate surface area is 58.7 Å². The second kappa shape index (κ2) is 2.94. The quantitative estimate of drug-likeness (QED) is 0.667. The third-order valence-electron chi connectivity index (χ3n) is 1.23. The Bertz CT molecular complexity index is 183. The molecular weight excluding hydrogens is 132 g/mol. The lowest BCUT2D eigenvalue weighted by Gasteiger charge is -1.90. The highest BCUT2D eigenvalue weighted by Gasteiger charge is 1.97. The molecule has 0 spiro atoms. The van der Waals surface area contributed by atoms with E-state index in [4.69, 9.17) is 5.73 Å². The van der Waals surface area contributed by atoms with Gasteiger partial charge in [-0.25, -0.2) is 4.98 Å². The van der Waals surface area contributed by atoms with Crippen LogP contribution in [0.4, 0.5) is 0 Å². The highest BCUT2D eigenvalue weighted by molar-refractivity contribution is 7.09. The Balaban J connectivity index is 2.69. The molecule has 0 aromatic carbocycles. The third kappa shape index (κ3) is 1.50. The predicted octanol–water partition coefficient (Wildman–Crippen LogP) is 0.953. The van der Waals surface area contributed by atoms with Crippen molar-refractivity contribution in [3.63, 3.8) is 0 Å². The predicted molar refractivity (Wildman–Crippen MR) is 39.6 cm³/mol. The second-order valence-corrected chi connectivity index (χ2v) is 2.95. The molecule has 0 radical (unpaired) electrons. The average Bonchev–Trinajstić information content (AvgIpc) is 2.18. The highest BCUT2D eigenvalue weighted by Crippen LogP contribution is 2.10. The molecule has 0 fully saturated rings. The van der Waals surface area contributed by atoms with Gasteiger partial charge >= 0.3 is 0 Å². The van der Waals surface area contributed by atoms with Crippen LogP contribution in [-0.4, -0.2) is 11.5 Å². The fraction of sp³-hybridized carbons (Fsp3) is 0.500. The number of nitrogens with zero attached hydrogens (tertiary/aromatic N) is 1. The summed E-state index contributed by atoms with van der Waals surface area (Å²) in [6.07, 6.45) is 0.912. The molecule has 0 saturated heterocycles. The van der Waals surface area contributed by atoms with Crippen molar-refractivity contribution in [2.24, 2.45) is 5.73 Å². The molecule has 50 valence electrons. The number of thiazole rings is 1. The van der Waals surface area contributed by atoms with Crippen molar-refractivity contribution in [2.75, 3.05) is 6.54 Å². The maximum absolute atomic E-state index is 5.35. The van der Waals surface area contributed by atoms with Gasteiger partial charge in [-0.1, -0.05) is 0 Å². The summed E-state index contributed by atoms with van der Waals surface area (Å²) in [4.78, 5) is 5.44. The average molecular weight is 142 g/mol. The Morgan fingerprint density at radius 1 is 1.78 bits per heavy atom. The fourth-order valence-electron chi connectivity index (χ4n) is 0.705. The van der Waals surface area contributed by atoms with Gasteiger partial charge in [-0.15, -0.1) is 11.3 Å². The van der Waals surface area contributed by atoms with Crippen LogP contribution in [0, 0.1) is 6.92 Å². The van der Waals surface area contributed by atoms with Gasteiger partial charge < -0.3 is 5.73 Å². The minimum absolute atomic E-state index is 0.699. The standard InChI is InChI=1S/C6H10N2S/c1-5-6(2-3-7)8-4-9-5/h4H,2-3,7H2,1H3. The first-order chi connectivity index (χ1) is 4.34. The minimum Gasteiger partial charge on any atom is -0.330 e. The number of hydrogen-bond acceptors (Lipinski definition) is 3. The van der Waals surface area contributed by atoms with Crippen LogP contribution in [-0.2, 0) is 6.42 Å². The van der Waals surface area contributed by atoms with E-state index in [1.807, 2.05) is 5.51 Å². The van der Waals surface area contributed by atoms with Crippen molar-refractivity contribution in [1.82, 2.24) is 4.98 Å². The molecule has 0 bridgehead atoms. The largest absolute Gasteiger partial charge is 0.330 e. The molecule has 9 heavy (non-hydrogen) atoms. The second-order valence-electron chi connectivity index (χ2n) is 1.89. The van der Waals surface area contributed by atoms with Crippen molar-refractivity contribution in [1.29, 1.82) is 0 Å². The third-order valence-corrected chi connectivity index (χ3v) is 2.03. The van der Waals surface area contributed by atoms with Crippen LogP contribution in [0.2, 0.25) is 0 Å². The van der Waals surface area contributed by atoms with E-state index in [0.717, 1.165) is 12.1 Å². The van der Waals surface area contributed by atoms with Gasteiger partial charge in [-0.2, -0.15) is 0 Å². The Kier molecular flexibility index (Phi) is 2.19. The van der Waals surface area contributed by atoms with E-state index in [9.17, 15) is 0 Å². The molecular formula is C6H10N2S. The van der Waals surface area contributed by atoms with Crippen LogP contribution in [0.5, 0.6) is 0 Å². The van der Waals surface area contributed by atoms with E-state index in [-0.39, 0.29) is 0 Å². The van der Waals surface area contributed by atoms with Gasteiger partial charge in [-0.3, -0.25) is 0 Å². The first-order valence-corrected chi connectivity index (χ1v) is 3.81. The molecule has 2 nitrogen and oxygen atoms in total. The van der Waals surface area contributed by atoms with Crippen LogP contribution in [0.25, 0.3) is 0 Å². The zero-order valence-electron chi connectivity index (χ0n) is 5.42. The van der Waals surface area contributed by atoms with Gasteiger partial charge in [0, 0.05) is 11.3 Å². The molecule has 1 aromatic rings. The van der Waals surface area contributed by atoms with Crippen LogP contribution < -0.4 is 5.73 Å². The van der Waals surface area contributed by atoms with E-state index in [2.05, 4.69) is 11.9 Å². The highest BCUT2D eigenvalue weighted by atomic mass is 32.1. The first kappa shape index (κ1) is 6.71. The smallest absolute Gasteiger partial charge is 0.0797 e. The lowest BCUT2D eigenvalue weighted by molar-refractivity contribution is 0.926. The molecule has 1 rings (SSSR count). The fourth-order valence-corrected chi connectivity index (χ4v) is 1.33. The summed E-state index contributed by atoms with van der Waals surface area (Å²) >= 11 is 1.68. The number of aryl methyl sites for hydroxylation is 1. The number of hydrogen-bond donors (Lipinski definition) is 1. The molecule has 0 unspecified atom stereocenters. The zero-order chi connectivity index (χ0) is 6.69. The van der Waals surface area contributed by atoms with E-state index in [1.54, 1.807) is 11.3 Å². The maximum atomic E-state index is 5.35. The molecule has 0 saturated carbocycles. The van der Waals surface area contributed by atoms with E-state index >= 15 is 0 Å². The number of nitrogens with two attached hydrogens (primary N) is 1. The lowest BCUT2D eigenvalue weighted by atomic mass is 10.3. The van der Waals surface area contributed by atoms with Gasteiger partial charge in [0.05, 0.1) is 11.2 Å². The zero-order valence-corrected chi connectivity index (χ0v) is 6.24. The van der Waals surface area contributed by atoms with Crippen LogP contribution >= 0.6 is 11.3 Å². The van der Waals surface area contributed by atoms with Crippen molar-refractivity contribution < 1.29 is 0 Å². The Morgan fingerprint density at radius 3 is 3.00 bits per heavy atom. The van der Waals surface area contributed by atoms with E-state index in [1.165, 1.54) is 4.88 Å².